The molecule has 5 rings (SSSR count). The summed E-state index contributed by atoms with van der Waals surface area (Å²) in [4.78, 5) is 38.9. The molecule has 168 valence electrons. The fraction of sp³-hybridized carbons (Fsp3) is 0.148. The van der Waals surface area contributed by atoms with Crippen molar-refractivity contribution >= 4 is 17.8 Å². The van der Waals surface area contributed by atoms with Gasteiger partial charge in [0.15, 0.2) is 0 Å². The third-order valence-electron chi connectivity index (χ3n) is 5.76. The van der Waals surface area contributed by atoms with Crippen LogP contribution in [0.25, 0.3) is 0 Å². The molecule has 1 fully saturated rings. The van der Waals surface area contributed by atoms with Crippen LogP contribution in [0.5, 0.6) is 0 Å². The van der Waals surface area contributed by atoms with Gasteiger partial charge in [-0.25, -0.2) is 9.40 Å². The third-order valence-corrected chi connectivity index (χ3v) is 5.76. The van der Waals surface area contributed by atoms with E-state index >= 15 is 0 Å². The number of benzene rings is 3. The molecule has 2 aliphatic rings. The van der Waals surface area contributed by atoms with Gasteiger partial charge in [0.1, 0.15) is 11.9 Å². The van der Waals surface area contributed by atoms with Crippen molar-refractivity contribution < 1.29 is 23.5 Å². The van der Waals surface area contributed by atoms with Gasteiger partial charge in [-0.2, -0.15) is 5.01 Å². The molecule has 2 heterocycles. The first-order valence-corrected chi connectivity index (χ1v) is 10.8. The van der Waals surface area contributed by atoms with Crippen molar-refractivity contribution in [3.63, 3.8) is 0 Å². The minimum Gasteiger partial charge on any atom is -0.465 e. The molecule has 2 amide bonds. The molecular formula is C27H19FN2O4. The highest BCUT2D eigenvalue weighted by Crippen LogP contribution is 2.48. The lowest BCUT2D eigenvalue weighted by Crippen LogP contribution is -2.38. The van der Waals surface area contributed by atoms with Gasteiger partial charge in [-0.15, -0.1) is 0 Å². The number of nitrogens with zero attached hydrogens (tertiary/aromatic N) is 2. The molecule has 34 heavy (non-hydrogen) atoms. The number of hydrogen-bond donors (Lipinski definition) is 0. The van der Waals surface area contributed by atoms with Crippen LogP contribution in [0.15, 0.2) is 72.8 Å². The van der Waals surface area contributed by atoms with Crippen LogP contribution in [0.3, 0.4) is 0 Å². The third kappa shape index (κ3) is 3.64. The Balaban J connectivity index is 1.56. The lowest BCUT2D eigenvalue weighted by molar-refractivity contribution is -0.144. The summed E-state index contributed by atoms with van der Waals surface area (Å²) in [6, 6.07) is 18.1. The molecule has 7 heteroatoms. The Morgan fingerprint density at radius 2 is 1.59 bits per heavy atom. The Kier molecular flexibility index (Phi) is 5.44. The first-order chi connectivity index (χ1) is 16.5. The summed E-state index contributed by atoms with van der Waals surface area (Å²) in [6.45, 7) is 1.79. The Bertz CT molecular complexity index is 1340. The lowest BCUT2D eigenvalue weighted by Gasteiger charge is -2.16. The van der Waals surface area contributed by atoms with E-state index in [0.717, 1.165) is 10.6 Å². The Labute approximate surface area is 195 Å². The zero-order chi connectivity index (χ0) is 23.8. The molecule has 0 bridgehead atoms. The average molecular weight is 454 g/mol. The molecule has 0 radical (unpaired) electrons. The summed E-state index contributed by atoms with van der Waals surface area (Å²) in [6.07, 6.45) is 0. The van der Waals surface area contributed by atoms with E-state index in [1.165, 1.54) is 23.2 Å². The minimum atomic E-state index is -0.957. The van der Waals surface area contributed by atoms with Crippen molar-refractivity contribution in [2.75, 3.05) is 6.61 Å². The second-order valence-electron chi connectivity index (χ2n) is 7.84. The number of hydrogen-bond acceptors (Lipinski definition) is 5. The van der Waals surface area contributed by atoms with E-state index < -0.39 is 35.7 Å². The monoisotopic (exact) mass is 454 g/mol. The van der Waals surface area contributed by atoms with E-state index in [2.05, 4.69) is 11.8 Å². The van der Waals surface area contributed by atoms with Crippen LogP contribution in [0, 0.1) is 17.7 Å². The quantitative estimate of drug-likeness (QED) is 0.260. The Morgan fingerprint density at radius 3 is 2.24 bits per heavy atom. The molecule has 1 unspecified atom stereocenters. The number of rotatable bonds is 4. The number of hydrazine groups is 1. The molecule has 3 aromatic rings. The van der Waals surface area contributed by atoms with Gasteiger partial charge in [0.2, 0.25) is 0 Å². The highest BCUT2D eigenvalue weighted by molar-refractivity contribution is 6.21. The van der Waals surface area contributed by atoms with Crippen LogP contribution in [-0.2, 0) is 9.53 Å². The van der Waals surface area contributed by atoms with Crippen LogP contribution in [0.2, 0.25) is 0 Å². The highest BCUT2D eigenvalue weighted by Gasteiger charge is 2.62. The molecule has 3 aromatic carbocycles. The van der Waals surface area contributed by atoms with Crippen LogP contribution < -0.4 is 0 Å². The van der Waals surface area contributed by atoms with Crippen LogP contribution in [0.1, 0.15) is 50.4 Å². The Hall–Kier alpha value is -4.28. The first kappa shape index (κ1) is 21.6. The molecular weight excluding hydrogens is 435 g/mol. The molecule has 2 aliphatic heterocycles. The van der Waals surface area contributed by atoms with E-state index in [-0.39, 0.29) is 17.7 Å². The zero-order valence-corrected chi connectivity index (χ0v) is 18.2. The van der Waals surface area contributed by atoms with Crippen molar-refractivity contribution in [1.29, 1.82) is 0 Å². The summed E-state index contributed by atoms with van der Waals surface area (Å²) < 4.78 is 19.5. The van der Waals surface area contributed by atoms with Crippen LogP contribution >= 0.6 is 0 Å². The van der Waals surface area contributed by atoms with Gasteiger partial charge >= 0.3 is 5.97 Å². The maximum Gasteiger partial charge on any atom is 0.327 e. The number of carbonyl (C=O) groups excluding carboxylic acids is 3. The average Bonchev–Trinajstić information content (AvgIpc) is 3.53. The van der Waals surface area contributed by atoms with Gasteiger partial charge in [-0.05, 0) is 55.0 Å². The number of halogens is 1. The van der Waals surface area contributed by atoms with E-state index in [9.17, 15) is 18.8 Å². The lowest BCUT2D eigenvalue weighted by atomic mass is 10.0. The summed E-state index contributed by atoms with van der Waals surface area (Å²) in [7, 11) is 0. The first-order valence-electron chi connectivity index (χ1n) is 10.8. The molecule has 0 spiro atoms. The van der Waals surface area contributed by atoms with Gasteiger partial charge in [-0.1, -0.05) is 42.2 Å². The smallest absolute Gasteiger partial charge is 0.327 e. The molecule has 0 saturated carbocycles. The number of fused-ring (bicyclic) bond motifs is 1. The second-order valence-corrected chi connectivity index (χ2v) is 7.84. The molecule has 0 N–H and O–H groups in total. The Morgan fingerprint density at radius 1 is 0.941 bits per heavy atom. The molecule has 0 aliphatic carbocycles. The fourth-order valence-corrected chi connectivity index (χ4v) is 4.19. The van der Waals surface area contributed by atoms with Crippen LogP contribution in [-0.4, -0.2) is 40.5 Å². The summed E-state index contributed by atoms with van der Waals surface area (Å²) in [5.41, 5.74) is 2.17. The predicted molar refractivity (Wildman–Crippen MR) is 121 cm³/mol. The van der Waals surface area contributed by atoms with Gasteiger partial charge in [-0.3, -0.25) is 14.4 Å². The van der Waals surface area contributed by atoms with Crippen molar-refractivity contribution in [3.8, 4) is 11.8 Å². The maximum atomic E-state index is 14.3. The van der Waals surface area contributed by atoms with Crippen molar-refractivity contribution in [1.82, 2.24) is 10.0 Å². The fourth-order valence-electron chi connectivity index (χ4n) is 4.19. The van der Waals surface area contributed by atoms with Crippen molar-refractivity contribution in [3.05, 3.63) is 106 Å². The highest BCUT2D eigenvalue weighted by atomic mass is 19.1. The maximum absolute atomic E-state index is 14.3. The molecule has 0 aromatic heterocycles. The molecule has 3 atom stereocenters. The standard InChI is InChI=1S/C27H19FN2O4/c1-2-34-27(33)24-23(29(24)30-25(31)20-10-6-7-11-21(20)26(30)32)22-16-19(28)15-14-18(22)13-12-17-8-4-3-5-9-17/h3-11,14-16,23-24H,2H2,1H3/t23-,24+,29?/m1/s1. The van der Waals surface area contributed by atoms with Crippen LogP contribution in [0.4, 0.5) is 4.39 Å². The largest absolute Gasteiger partial charge is 0.465 e. The molecule has 1 saturated heterocycles. The number of amides is 2. The molecule has 6 nitrogen and oxygen atoms in total. The number of ether oxygens (including phenoxy) is 1. The number of carbonyl (C=O) groups is 3. The van der Waals surface area contributed by atoms with Crippen molar-refractivity contribution in [2.45, 2.75) is 19.0 Å². The van der Waals surface area contributed by atoms with E-state index in [1.54, 1.807) is 31.2 Å². The van der Waals surface area contributed by atoms with Gasteiger partial charge in [0.25, 0.3) is 11.8 Å². The predicted octanol–water partition coefficient (Wildman–Crippen LogP) is 3.73. The van der Waals surface area contributed by atoms with E-state index in [4.69, 9.17) is 4.74 Å². The number of esters is 1. The topological polar surface area (TPSA) is 66.7 Å². The van der Waals surface area contributed by atoms with E-state index in [0.29, 0.717) is 11.1 Å². The SMILES string of the molecule is CCOC(=O)[C@@H]1[C@@H](c2cc(F)ccc2C#Cc2ccccc2)N1N1C(=O)c2ccccc2C1=O. The number of imide groups is 1. The van der Waals surface area contributed by atoms with Gasteiger partial charge in [0, 0.05) is 11.1 Å². The minimum absolute atomic E-state index is 0.127. The van der Waals surface area contributed by atoms with Gasteiger partial charge in [0.05, 0.1) is 23.8 Å². The zero-order valence-electron chi connectivity index (χ0n) is 18.2. The van der Waals surface area contributed by atoms with Crippen molar-refractivity contribution in [2.24, 2.45) is 0 Å². The normalized spacial score (nSPS) is 20.4. The van der Waals surface area contributed by atoms with Gasteiger partial charge < -0.3 is 4.74 Å². The second kappa shape index (κ2) is 8.58. The summed E-state index contributed by atoms with van der Waals surface area (Å²) in [5.74, 6) is 3.88. The summed E-state index contributed by atoms with van der Waals surface area (Å²) in [5, 5.41) is 2.31. The van der Waals surface area contributed by atoms with E-state index in [1.807, 2.05) is 30.3 Å². The summed E-state index contributed by atoms with van der Waals surface area (Å²) >= 11 is 0.